The maximum absolute atomic E-state index is 4.07. The first-order valence-corrected chi connectivity index (χ1v) is 3.32. The van der Waals surface area contributed by atoms with Crippen LogP contribution in [0.3, 0.4) is 0 Å². The number of nitrogens with zero attached hydrogens (tertiary/aromatic N) is 3. The summed E-state index contributed by atoms with van der Waals surface area (Å²) in [5, 5.41) is 0. The molecule has 0 aliphatic carbocycles. The Morgan fingerprint density at radius 3 is 3.18 bits per heavy atom. The summed E-state index contributed by atoms with van der Waals surface area (Å²) in [5.74, 6) is 0. The van der Waals surface area contributed by atoms with E-state index in [1.165, 1.54) is 0 Å². The van der Waals surface area contributed by atoms with Gasteiger partial charge in [0, 0.05) is 12.4 Å². The first kappa shape index (κ1) is 6.09. The molecule has 0 spiro atoms. The molecule has 0 aromatic carbocycles. The molecule has 0 amide bonds. The summed E-state index contributed by atoms with van der Waals surface area (Å²) in [7, 11) is 0. The Balaban J connectivity index is 2.86. The second-order valence-corrected chi connectivity index (χ2v) is 2.18. The Morgan fingerprint density at radius 2 is 2.36 bits per heavy atom. The van der Waals surface area contributed by atoms with Gasteiger partial charge in [-0.3, -0.25) is 0 Å². The summed E-state index contributed by atoms with van der Waals surface area (Å²) < 4.78 is 1.84. The van der Waals surface area contributed by atoms with Crippen molar-refractivity contribution < 1.29 is 0 Å². The molecule has 3 nitrogen and oxygen atoms in total. The fraction of sp³-hybridized carbons (Fsp3) is 0. The minimum Gasteiger partial charge on any atom is -0.305 e. The van der Waals surface area contributed by atoms with Crippen LogP contribution in [0, 0.1) is 0 Å². The van der Waals surface area contributed by atoms with Crippen LogP contribution in [0.1, 0.15) is 0 Å². The predicted octanol–water partition coefficient (Wildman–Crippen LogP) is 1.53. The van der Waals surface area contributed by atoms with E-state index in [4.69, 9.17) is 0 Å². The van der Waals surface area contributed by atoms with Crippen LogP contribution in [0.5, 0.6) is 0 Å². The van der Waals surface area contributed by atoms with Crippen molar-refractivity contribution in [1.29, 1.82) is 0 Å². The summed E-state index contributed by atoms with van der Waals surface area (Å²) in [5.41, 5.74) is 1.75. The van der Waals surface area contributed by atoms with Gasteiger partial charge in [-0.1, -0.05) is 6.58 Å². The molecule has 2 heterocycles. The van der Waals surface area contributed by atoms with Crippen LogP contribution in [-0.4, -0.2) is 14.5 Å². The highest BCUT2D eigenvalue weighted by molar-refractivity contribution is 5.72. The molecule has 2 aromatic heterocycles. The average Bonchev–Trinajstić information content (AvgIpc) is 2.47. The molecule has 0 atom stereocenters. The Hall–Kier alpha value is -1.64. The molecule has 0 saturated carbocycles. The van der Waals surface area contributed by atoms with Crippen LogP contribution in [0.4, 0.5) is 0 Å². The molecular formula is C8H7N3. The monoisotopic (exact) mass is 145 g/mol. The predicted molar refractivity (Wildman–Crippen MR) is 43.9 cm³/mol. The van der Waals surface area contributed by atoms with Crippen LogP contribution >= 0.6 is 0 Å². The first-order chi connectivity index (χ1) is 5.42. The molecule has 11 heavy (non-hydrogen) atoms. The minimum atomic E-state index is 0.757. The molecule has 2 rings (SSSR count). The van der Waals surface area contributed by atoms with Crippen molar-refractivity contribution in [1.82, 2.24) is 14.5 Å². The number of pyridine rings is 1. The summed E-state index contributed by atoms with van der Waals surface area (Å²) >= 11 is 0. The van der Waals surface area contributed by atoms with Crippen molar-refractivity contribution in [3.63, 3.8) is 0 Å². The molecule has 0 unspecified atom stereocenters. The molecule has 2 aromatic rings. The first-order valence-electron chi connectivity index (χ1n) is 3.32. The fourth-order valence-electron chi connectivity index (χ4n) is 1.01. The van der Waals surface area contributed by atoms with Gasteiger partial charge in [-0.25, -0.2) is 9.97 Å². The fourth-order valence-corrected chi connectivity index (χ4v) is 1.01. The number of fused-ring (bicyclic) bond motifs is 1. The summed E-state index contributed by atoms with van der Waals surface area (Å²) in [6, 6.07) is 3.83. The second kappa shape index (κ2) is 2.20. The molecule has 0 aliphatic heterocycles. The van der Waals surface area contributed by atoms with Gasteiger partial charge < -0.3 is 4.57 Å². The van der Waals surface area contributed by atoms with E-state index in [0.29, 0.717) is 0 Å². The number of hydrogen-bond donors (Lipinski definition) is 0. The molecule has 0 saturated heterocycles. The zero-order chi connectivity index (χ0) is 7.68. The van der Waals surface area contributed by atoms with Crippen molar-refractivity contribution in [3.05, 3.63) is 31.2 Å². The molecule has 0 aliphatic rings. The standard InChI is InChI=1S/C8H7N3/c1-2-11-6-10-8-7(11)4-3-5-9-8/h2-6H,1H2. The van der Waals surface area contributed by atoms with Crippen molar-refractivity contribution in [2.24, 2.45) is 0 Å². The highest BCUT2D eigenvalue weighted by Gasteiger charge is 1.97. The summed E-state index contributed by atoms with van der Waals surface area (Å²) in [6.07, 6.45) is 5.13. The minimum absolute atomic E-state index is 0.757. The van der Waals surface area contributed by atoms with Gasteiger partial charge in [0.1, 0.15) is 6.33 Å². The molecule has 3 heteroatoms. The smallest absolute Gasteiger partial charge is 0.177 e. The highest BCUT2D eigenvalue weighted by atomic mass is 15.1. The molecule has 0 fully saturated rings. The zero-order valence-electron chi connectivity index (χ0n) is 5.94. The van der Waals surface area contributed by atoms with E-state index in [9.17, 15) is 0 Å². The van der Waals surface area contributed by atoms with Gasteiger partial charge in [0.25, 0.3) is 0 Å². The lowest BCUT2D eigenvalue weighted by Gasteiger charge is -1.91. The number of rotatable bonds is 1. The molecule has 0 N–H and O–H groups in total. The Bertz CT molecular complexity index is 389. The topological polar surface area (TPSA) is 30.7 Å². The normalized spacial score (nSPS) is 10.2. The zero-order valence-corrected chi connectivity index (χ0v) is 5.94. The summed E-state index contributed by atoms with van der Waals surface area (Å²) in [6.45, 7) is 3.65. The Labute approximate surface area is 64.0 Å². The Morgan fingerprint density at radius 1 is 1.45 bits per heavy atom. The van der Waals surface area contributed by atoms with Crippen molar-refractivity contribution in [2.75, 3.05) is 0 Å². The quantitative estimate of drug-likeness (QED) is 0.609. The largest absolute Gasteiger partial charge is 0.305 e. The SMILES string of the molecule is C=Cn1cnc2ncccc21. The van der Waals surface area contributed by atoms with Crippen LogP contribution in [0.25, 0.3) is 17.4 Å². The lowest BCUT2D eigenvalue weighted by atomic mass is 10.4. The van der Waals surface area contributed by atoms with E-state index in [2.05, 4.69) is 16.5 Å². The highest BCUT2D eigenvalue weighted by Crippen LogP contribution is 2.07. The third kappa shape index (κ3) is 0.816. The number of aromatic nitrogens is 3. The van der Waals surface area contributed by atoms with Crippen molar-refractivity contribution in [3.8, 4) is 0 Å². The summed E-state index contributed by atoms with van der Waals surface area (Å²) in [4.78, 5) is 8.14. The van der Waals surface area contributed by atoms with Gasteiger partial charge in [0.15, 0.2) is 5.65 Å². The van der Waals surface area contributed by atoms with E-state index >= 15 is 0 Å². The van der Waals surface area contributed by atoms with Gasteiger partial charge in [0.2, 0.25) is 0 Å². The van der Waals surface area contributed by atoms with Crippen LogP contribution in [0.2, 0.25) is 0 Å². The molecule has 54 valence electrons. The number of hydrogen-bond acceptors (Lipinski definition) is 2. The number of imidazole rings is 1. The van der Waals surface area contributed by atoms with Gasteiger partial charge in [-0.05, 0) is 12.1 Å². The third-order valence-corrected chi connectivity index (χ3v) is 1.55. The van der Waals surface area contributed by atoms with Gasteiger partial charge in [0.05, 0.1) is 5.52 Å². The van der Waals surface area contributed by atoms with Crippen LogP contribution in [0.15, 0.2) is 31.2 Å². The van der Waals surface area contributed by atoms with Gasteiger partial charge in [-0.2, -0.15) is 0 Å². The lowest BCUT2D eigenvalue weighted by Crippen LogP contribution is -1.80. The van der Waals surface area contributed by atoms with Crippen molar-refractivity contribution >= 4 is 17.4 Å². The van der Waals surface area contributed by atoms with E-state index < -0.39 is 0 Å². The second-order valence-electron chi connectivity index (χ2n) is 2.18. The maximum atomic E-state index is 4.07. The van der Waals surface area contributed by atoms with E-state index in [0.717, 1.165) is 11.2 Å². The van der Waals surface area contributed by atoms with E-state index in [1.54, 1.807) is 18.7 Å². The Kier molecular flexibility index (Phi) is 1.22. The van der Waals surface area contributed by atoms with E-state index in [1.807, 2.05) is 16.7 Å². The maximum Gasteiger partial charge on any atom is 0.177 e. The van der Waals surface area contributed by atoms with Crippen LogP contribution in [-0.2, 0) is 0 Å². The third-order valence-electron chi connectivity index (χ3n) is 1.55. The van der Waals surface area contributed by atoms with Crippen molar-refractivity contribution in [2.45, 2.75) is 0 Å². The van der Waals surface area contributed by atoms with Crippen LogP contribution < -0.4 is 0 Å². The molecule has 0 bridgehead atoms. The van der Waals surface area contributed by atoms with Gasteiger partial charge in [-0.15, -0.1) is 0 Å². The van der Waals surface area contributed by atoms with E-state index in [-0.39, 0.29) is 0 Å². The lowest BCUT2D eigenvalue weighted by molar-refractivity contribution is 1.18. The molecular weight excluding hydrogens is 138 g/mol. The molecule has 0 radical (unpaired) electrons. The average molecular weight is 145 g/mol. The van der Waals surface area contributed by atoms with Gasteiger partial charge >= 0.3 is 0 Å².